The lowest BCUT2D eigenvalue weighted by Crippen LogP contribution is -2.33. The molecule has 0 unspecified atom stereocenters. The van der Waals surface area contributed by atoms with Crippen LogP contribution in [0, 0.1) is 0 Å². The average Bonchev–Trinajstić information content (AvgIpc) is 3.02. The summed E-state index contributed by atoms with van der Waals surface area (Å²) < 4.78 is 132. The molecular weight excluding hydrogens is 769 g/mol. The third-order valence-corrected chi connectivity index (χ3v) is 8.05. The summed E-state index contributed by atoms with van der Waals surface area (Å²) in [5.41, 5.74) is 2.81. The second kappa shape index (κ2) is 25.1. The van der Waals surface area contributed by atoms with Gasteiger partial charge in [-0.3, -0.25) is 8.57 Å². The lowest BCUT2D eigenvalue weighted by Gasteiger charge is -2.23. The van der Waals surface area contributed by atoms with Crippen LogP contribution in [-0.4, -0.2) is 116 Å². The molecule has 0 atom stereocenters. The van der Waals surface area contributed by atoms with Crippen LogP contribution in [0.2, 0.25) is 0 Å². The van der Waals surface area contributed by atoms with Gasteiger partial charge in [-0.2, -0.15) is 17.2 Å². The van der Waals surface area contributed by atoms with Crippen molar-refractivity contribution in [3.63, 3.8) is 0 Å². The van der Waals surface area contributed by atoms with Crippen LogP contribution < -0.4 is 0 Å². The third kappa shape index (κ3) is 32.2. The Morgan fingerprint density at radius 1 is 0.660 bits per heavy atom. The quantitative estimate of drug-likeness (QED) is 0.0565. The van der Waals surface area contributed by atoms with Gasteiger partial charge < -0.3 is 23.2 Å². The third-order valence-electron chi connectivity index (χ3n) is 5.79. The number of quaternary nitrogens is 2. The second-order valence-corrected chi connectivity index (χ2v) is 17.1. The molecule has 0 saturated carbocycles. The van der Waals surface area contributed by atoms with Crippen LogP contribution in [0.15, 0.2) is 95.9 Å². The summed E-state index contributed by atoms with van der Waals surface area (Å²) >= 11 is 0. The number of nitrogens with zero attached hydrogens (tertiary/aromatic N) is 2. The topological polar surface area (TPSA) is 178 Å². The minimum absolute atomic E-state index is 0.115. The Balaban J connectivity index is 0. The molecule has 0 radical (unpaired) electrons. The standard InChI is InChI=1S/C10H12F2O6S2.2C10H16N.C4H9FO.FHO3S/c11-10(12,20(15,16)17)7-4-8-18-19(13,14)9-5-2-1-3-6-9;2*1-11(2,3)9-10-7-5-4-6-8-10;5-3-1-2-4-6;1-5(2,3)4/h1-3,5-6H,4,7-8H2,(H,15,16,17);2*4-8H,9H2,1-3H3;6H,1-4H2;(H,2,3,4)/q;2*+1;;/p-2. The van der Waals surface area contributed by atoms with Crippen LogP contribution in [0.5, 0.6) is 0 Å². The molecule has 0 aliphatic heterocycles. The fourth-order valence-electron chi connectivity index (χ4n) is 3.70. The average molecular weight is 821 g/mol. The molecule has 19 heteroatoms. The molecule has 0 bridgehead atoms. The molecular formula is C34H52F4N2O10S3. The molecule has 3 aromatic carbocycles. The Morgan fingerprint density at radius 2 is 1.02 bits per heavy atom. The number of rotatable bonds is 14. The zero-order chi connectivity index (χ0) is 41.4. The van der Waals surface area contributed by atoms with Crippen molar-refractivity contribution in [2.24, 2.45) is 0 Å². The highest BCUT2D eigenvalue weighted by atomic mass is 32.3. The van der Waals surface area contributed by atoms with Crippen molar-refractivity contribution in [2.75, 3.05) is 62.2 Å². The van der Waals surface area contributed by atoms with Crippen molar-refractivity contribution >= 4 is 30.7 Å². The van der Waals surface area contributed by atoms with Gasteiger partial charge in [0.1, 0.15) is 13.1 Å². The highest BCUT2D eigenvalue weighted by Gasteiger charge is 2.36. The molecule has 0 spiro atoms. The van der Waals surface area contributed by atoms with E-state index in [9.17, 15) is 38.4 Å². The van der Waals surface area contributed by atoms with Gasteiger partial charge in [0.25, 0.3) is 20.6 Å². The van der Waals surface area contributed by atoms with Gasteiger partial charge in [0.2, 0.25) is 0 Å². The van der Waals surface area contributed by atoms with Crippen molar-refractivity contribution in [3.8, 4) is 0 Å². The van der Waals surface area contributed by atoms with Gasteiger partial charge in [-0.05, 0) is 31.4 Å². The highest BCUT2D eigenvalue weighted by Crippen LogP contribution is 2.26. The summed E-state index contributed by atoms with van der Waals surface area (Å²) in [5.74, 6) is 0. The lowest BCUT2D eigenvalue weighted by molar-refractivity contribution is -0.884. The number of alkyl halides is 3. The molecule has 0 aliphatic rings. The molecule has 0 heterocycles. The Bertz CT molecular complexity index is 1650. The van der Waals surface area contributed by atoms with Crippen LogP contribution in [0.25, 0.3) is 0 Å². The van der Waals surface area contributed by atoms with E-state index in [0.717, 1.165) is 22.1 Å². The first-order valence-corrected chi connectivity index (χ1v) is 20.0. The summed E-state index contributed by atoms with van der Waals surface area (Å²) in [5, 5.41) is 3.59. The predicted molar refractivity (Wildman–Crippen MR) is 193 cm³/mol. The maximum absolute atomic E-state index is 12.8. The molecule has 53 heavy (non-hydrogen) atoms. The van der Waals surface area contributed by atoms with E-state index < -0.39 is 55.4 Å². The molecule has 1 N–H and O–H groups in total. The monoisotopic (exact) mass is 820 g/mol. The van der Waals surface area contributed by atoms with E-state index in [1.165, 1.54) is 35.4 Å². The van der Waals surface area contributed by atoms with E-state index in [1.807, 2.05) is 0 Å². The number of hydrogen-bond acceptors (Lipinski definition) is 10. The van der Waals surface area contributed by atoms with Gasteiger partial charge in [0.05, 0.1) is 60.5 Å². The minimum Gasteiger partial charge on any atom is -0.743 e. The molecule has 3 rings (SSSR count). The van der Waals surface area contributed by atoms with Gasteiger partial charge in [0, 0.05) is 24.2 Å². The van der Waals surface area contributed by atoms with Gasteiger partial charge >= 0.3 is 5.25 Å². The normalized spacial score (nSPS) is 11.9. The molecule has 0 amide bonds. The Hall–Kier alpha value is -3.01. The van der Waals surface area contributed by atoms with Crippen LogP contribution in [0.4, 0.5) is 17.1 Å². The van der Waals surface area contributed by atoms with E-state index in [1.54, 1.807) is 6.07 Å². The number of aliphatic hydroxyl groups is 1. The number of benzene rings is 3. The second-order valence-electron chi connectivity index (χ2n) is 13.2. The molecule has 3 aromatic rings. The van der Waals surface area contributed by atoms with Gasteiger partial charge in [0.15, 0.2) is 10.1 Å². The summed E-state index contributed by atoms with van der Waals surface area (Å²) in [6, 6.07) is 28.1. The summed E-state index contributed by atoms with van der Waals surface area (Å²) in [6.07, 6.45) is -0.809. The number of aliphatic hydroxyl groups excluding tert-OH is 1. The molecule has 0 aliphatic carbocycles. The Kier molecular flexibility index (Phi) is 24.7. The van der Waals surface area contributed by atoms with Gasteiger partial charge in [-0.25, -0.2) is 16.8 Å². The van der Waals surface area contributed by atoms with E-state index in [0.29, 0.717) is 12.8 Å². The van der Waals surface area contributed by atoms with Crippen LogP contribution >= 0.6 is 0 Å². The molecule has 0 aromatic heterocycles. The zero-order valence-electron chi connectivity index (χ0n) is 30.8. The molecule has 12 nitrogen and oxygen atoms in total. The van der Waals surface area contributed by atoms with Crippen LogP contribution in [-0.2, 0) is 48.0 Å². The zero-order valence-corrected chi connectivity index (χ0v) is 33.2. The number of unbranched alkanes of at least 4 members (excludes halogenated alkanes) is 1. The number of halogens is 4. The van der Waals surface area contributed by atoms with Gasteiger partial charge in [-0.15, -0.1) is 3.89 Å². The first-order valence-electron chi connectivity index (χ1n) is 15.9. The van der Waals surface area contributed by atoms with Crippen molar-refractivity contribution in [2.45, 2.75) is 48.9 Å². The lowest BCUT2D eigenvalue weighted by atomic mass is 10.2. The van der Waals surface area contributed by atoms with Crippen molar-refractivity contribution in [3.05, 3.63) is 102 Å². The highest BCUT2D eigenvalue weighted by molar-refractivity contribution is 7.87. The van der Waals surface area contributed by atoms with Gasteiger partial charge in [-0.1, -0.05) is 78.9 Å². The van der Waals surface area contributed by atoms with Crippen molar-refractivity contribution in [1.82, 2.24) is 0 Å². The van der Waals surface area contributed by atoms with Crippen LogP contribution in [0.1, 0.15) is 36.8 Å². The summed E-state index contributed by atoms with van der Waals surface area (Å²) in [6.45, 7) is 1.36. The van der Waals surface area contributed by atoms with E-state index in [2.05, 4.69) is 107 Å². The minimum atomic E-state index is -5.76. The smallest absolute Gasteiger partial charge is 0.334 e. The SMILES string of the molecule is C[N+](C)(C)Cc1ccccc1.C[N+](C)(C)Cc1ccccc1.O=S(=O)(OCCCC(F)(F)S(=O)(=O)[O-])c1ccccc1.O=S(=O)([O-])F.OCCCCF. The predicted octanol–water partition coefficient (Wildman–Crippen LogP) is 5.24. The number of hydrogen-bond donors (Lipinski definition) is 1. The Morgan fingerprint density at radius 3 is 1.30 bits per heavy atom. The first-order chi connectivity index (χ1) is 24.1. The first kappa shape index (κ1) is 52.1. The van der Waals surface area contributed by atoms with Crippen LogP contribution in [0.3, 0.4) is 0 Å². The summed E-state index contributed by atoms with van der Waals surface area (Å²) in [4.78, 5) is -0.150. The Labute approximate surface area is 312 Å². The fourth-order valence-corrected chi connectivity index (χ4v) is 5.05. The summed E-state index contributed by atoms with van der Waals surface area (Å²) in [7, 11) is -2.05. The van der Waals surface area contributed by atoms with Crippen molar-refractivity contribution < 1.29 is 69.7 Å². The molecule has 0 fully saturated rings. The molecule has 0 saturated heterocycles. The maximum atomic E-state index is 12.8. The van der Waals surface area contributed by atoms with E-state index >= 15 is 0 Å². The van der Waals surface area contributed by atoms with E-state index in [4.69, 9.17) is 18.1 Å². The van der Waals surface area contributed by atoms with Crippen molar-refractivity contribution in [1.29, 1.82) is 0 Å². The van der Waals surface area contributed by atoms with E-state index in [-0.39, 0.29) is 18.2 Å². The largest absolute Gasteiger partial charge is 0.743 e. The fraction of sp³-hybridized carbons (Fsp3) is 0.471. The maximum Gasteiger partial charge on any atom is 0.334 e. The molecule has 304 valence electrons.